The molecule has 0 unspecified atom stereocenters. The van der Waals surface area contributed by atoms with Crippen molar-refractivity contribution in [2.45, 2.75) is 19.8 Å². The molecule has 0 fully saturated rings. The average molecular weight is 374 g/mol. The van der Waals surface area contributed by atoms with Crippen LogP contribution in [0.3, 0.4) is 0 Å². The van der Waals surface area contributed by atoms with Gasteiger partial charge in [-0.2, -0.15) is 15.0 Å². The molecule has 3 aromatic heterocycles. The normalized spacial score (nSPS) is 11.9. The fourth-order valence-corrected chi connectivity index (χ4v) is 2.79. The molecule has 1 N–H and O–H groups in total. The smallest absolute Gasteiger partial charge is 0.405 e. The van der Waals surface area contributed by atoms with Crippen molar-refractivity contribution >= 4 is 11.0 Å². The van der Waals surface area contributed by atoms with Crippen LogP contribution in [-0.4, -0.2) is 36.3 Å². The summed E-state index contributed by atoms with van der Waals surface area (Å²) < 4.78 is 41.9. The van der Waals surface area contributed by atoms with Crippen LogP contribution in [0.2, 0.25) is 0 Å². The Kier molecular flexibility index (Phi) is 4.02. The number of nitrogens with zero attached hydrogens (tertiary/aromatic N) is 5. The third kappa shape index (κ3) is 3.46. The average Bonchev–Trinajstić information content (AvgIpc) is 3.21. The second-order valence-electron chi connectivity index (χ2n) is 5.78. The van der Waals surface area contributed by atoms with E-state index in [1.807, 2.05) is 6.07 Å². The number of fused-ring (bicyclic) bond motifs is 1. The minimum absolute atomic E-state index is 0.0223. The van der Waals surface area contributed by atoms with Crippen molar-refractivity contribution in [2.75, 3.05) is 0 Å². The second-order valence-corrected chi connectivity index (χ2v) is 5.78. The molecule has 0 saturated heterocycles. The molecule has 0 aliphatic carbocycles. The van der Waals surface area contributed by atoms with Crippen LogP contribution in [0, 0.1) is 6.92 Å². The molecular weight excluding hydrogens is 361 g/mol. The molecule has 0 spiro atoms. The summed E-state index contributed by atoms with van der Waals surface area (Å²) in [5.41, 5.74) is 2.72. The van der Waals surface area contributed by atoms with Gasteiger partial charge in [0, 0.05) is 17.1 Å². The molecule has 0 radical (unpaired) electrons. The summed E-state index contributed by atoms with van der Waals surface area (Å²) >= 11 is 0. The van der Waals surface area contributed by atoms with Gasteiger partial charge in [-0.05, 0) is 19.1 Å². The number of ether oxygens (including phenoxy) is 1. The molecular formula is C17H13F3N6O. The molecule has 0 saturated carbocycles. The lowest BCUT2D eigenvalue weighted by Crippen LogP contribution is -2.18. The van der Waals surface area contributed by atoms with Crippen molar-refractivity contribution in [2.24, 2.45) is 0 Å². The standard InChI is InChI=1S/C17H13F3N6O/c1-10-14(15-12-6-7-21-16(12)23-9-22-15)25-26(24-10)8-11-4-2-3-5-13(11)27-17(18,19)20/h2-7,9H,8H2,1H3,(H,21,22,23). The highest BCUT2D eigenvalue weighted by molar-refractivity contribution is 5.89. The summed E-state index contributed by atoms with van der Waals surface area (Å²) in [5.74, 6) is -0.281. The van der Waals surface area contributed by atoms with Crippen LogP contribution in [0.5, 0.6) is 5.75 Å². The minimum atomic E-state index is -4.77. The lowest BCUT2D eigenvalue weighted by atomic mass is 10.2. The minimum Gasteiger partial charge on any atom is -0.405 e. The summed E-state index contributed by atoms with van der Waals surface area (Å²) in [6, 6.07) is 7.73. The molecule has 0 aliphatic rings. The number of nitrogens with one attached hydrogen (secondary N) is 1. The Labute approximate surface area is 150 Å². The predicted molar refractivity (Wildman–Crippen MR) is 89.9 cm³/mol. The predicted octanol–water partition coefficient (Wildman–Crippen LogP) is 3.47. The summed E-state index contributed by atoms with van der Waals surface area (Å²) in [7, 11) is 0. The van der Waals surface area contributed by atoms with Crippen LogP contribution >= 0.6 is 0 Å². The van der Waals surface area contributed by atoms with Crippen molar-refractivity contribution in [1.82, 2.24) is 29.9 Å². The van der Waals surface area contributed by atoms with E-state index in [0.717, 1.165) is 5.39 Å². The topological polar surface area (TPSA) is 81.5 Å². The molecule has 0 atom stereocenters. The SMILES string of the molecule is Cc1nn(Cc2ccccc2OC(F)(F)F)nc1-c1ncnc2[nH]ccc12. The number of H-pyrrole nitrogens is 1. The summed E-state index contributed by atoms with van der Waals surface area (Å²) in [6.45, 7) is 1.78. The first-order valence-corrected chi connectivity index (χ1v) is 7.94. The van der Waals surface area contributed by atoms with Crippen LogP contribution in [0.15, 0.2) is 42.9 Å². The Morgan fingerprint density at radius 2 is 1.89 bits per heavy atom. The Morgan fingerprint density at radius 1 is 1.07 bits per heavy atom. The summed E-state index contributed by atoms with van der Waals surface area (Å²) in [5, 5.41) is 9.50. The van der Waals surface area contributed by atoms with E-state index in [9.17, 15) is 13.2 Å². The largest absolute Gasteiger partial charge is 0.573 e. The molecule has 0 amide bonds. The van der Waals surface area contributed by atoms with Crippen molar-refractivity contribution in [3.63, 3.8) is 0 Å². The van der Waals surface area contributed by atoms with Gasteiger partial charge in [-0.1, -0.05) is 18.2 Å². The zero-order valence-electron chi connectivity index (χ0n) is 14.0. The van der Waals surface area contributed by atoms with E-state index in [1.165, 1.54) is 29.3 Å². The van der Waals surface area contributed by atoms with Gasteiger partial charge in [0.2, 0.25) is 0 Å². The maximum Gasteiger partial charge on any atom is 0.573 e. The molecule has 1 aromatic carbocycles. The number of hydrogen-bond acceptors (Lipinski definition) is 5. The zero-order valence-corrected chi connectivity index (χ0v) is 14.0. The van der Waals surface area contributed by atoms with Crippen LogP contribution < -0.4 is 4.74 Å². The molecule has 10 heteroatoms. The van der Waals surface area contributed by atoms with Gasteiger partial charge >= 0.3 is 6.36 Å². The van der Waals surface area contributed by atoms with E-state index in [1.54, 1.807) is 19.2 Å². The van der Waals surface area contributed by atoms with E-state index in [0.29, 0.717) is 28.3 Å². The summed E-state index contributed by atoms with van der Waals surface area (Å²) in [4.78, 5) is 12.7. The Morgan fingerprint density at radius 3 is 2.70 bits per heavy atom. The van der Waals surface area contributed by atoms with E-state index >= 15 is 0 Å². The van der Waals surface area contributed by atoms with E-state index in [-0.39, 0.29) is 12.3 Å². The van der Waals surface area contributed by atoms with Crippen LogP contribution in [0.25, 0.3) is 22.4 Å². The lowest BCUT2D eigenvalue weighted by molar-refractivity contribution is -0.274. The van der Waals surface area contributed by atoms with Gasteiger partial charge in [-0.25, -0.2) is 9.97 Å². The van der Waals surface area contributed by atoms with Crippen LogP contribution in [0.4, 0.5) is 13.2 Å². The van der Waals surface area contributed by atoms with Crippen LogP contribution in [0.1, 0.15) is 11.3 Å². The Balaban J connectivity index is 1.68. The maximum atomic E-state index is 12.6. The maximum absolute atomic E-state index is 12.6. The number of aromatic nitrogens is 6. The van der Waals surface area contributed by atoms with Crippen molar-refractivity contribution in [3.05, 3.63) is 54.1 Å². The molecule has 3 heterocycles. The first-order valence-electron chi connectivity index (χ1n) is 7.94. The highest BCUT2D eigenvalue weighted by Crippen LogP contribution is 2.28. The third-order valence-corrected chi connectivity index (χ3v) is 3.91. The first-order chi connectivity index (χ1) is 12.9. The van der Waals surface area contributed by atoms with Gasteiger partial charge in [0.15, 0.2) is 0 Å². The third-order valence-electron chi connectivity index (χ3n) is 3.91. The van der Waals surface area contributed by atoms with Crippen LogP contribution in [-0.2, 0) is 6.54 Å². The number of alkyl halides is 3. The molecule has 4 rings (SSSR count). The summed E-state index contributed by atoms with van der Waals surface area (Å²) in [6.07, 6.45) is -1.61. The van der Waals surface area contributed by atoms with Crippen molar-refractivity contribution in [1.29, 1.82) is 0 Å². The fraction of sp³-hybridized carbons (Fsp3) is 0.176. The molecule has 138 valence electrons. The van der Waals surface area contributed by atoms with Crippen molar-refractivity contribution < 1.29 is 17.9 Å². The van der Waals surface area contributed by atoms with Gasteiger partial charge in [0.1, 0.15) is 29.1 Å². The number of hydrogen-bond donors (Lipinski definition) is 1. The number of rotatable bonds is 4. The molecule has 0 aliphatic heterocycles. The highest BCUT2D eigenvalue weighted by atomic mass is 19.4. The van der Waals surface area contributed by atoms with Crippen molar-refractivity contribution in [3.8, 4) is 17.1 Å². The Bertz CT molecular complexity index is 1100. The second kappa shape index (κ2) is 6.38. The number of halogens is 3. The van der Waals surface area contributed by atoms with Gasteiger partial charge in [0.25, 0.3) is 0 Å². The van der Waals surface area contributed by atoms with E-state index < -0.39 is 6.36 Å². The van der Waals surface area contributed by atoms with Gasteiger partial charge in [0.05, 0.1) is 12.2 Å². The monoisotopic (exact) mass is 374 g/mol. The highest BCUT2D eigenvalue weighted by Gasteiger charge is 2.32. The first kappa shape index (κ1) is 17.0. The Hall–Kier alpha value is -3.43. The quantitative estimate of drug-likeness (QED) is 0.592. The van der Waals surface area contributed by atoms with Gasteiger partial charge in [-0.15, -0.1) is 13.2 Å². The number of para-hydroxylation sites is 1. The van der Waals surface area contributed by atoms with E-state index in [2.05, 4.69) is 29.9 Å². The van der Waals surface area contributed by atoms with Gasteiger partial charge < -0.3 is 9.72 Å². The molecule has 7 nitrogen and oxygen atoms in total. The lowest BCUT2D eigenvalue weighted by Gasteiger charge is -2.12. The number of benzene rings is 1. The molecule has 4 aromatic rings. The van der Waals surface area contributed by atoms with E-state index in [4.69, 9.17) is 0 Å². The molecule has 0 bridgehead atoms. The zero-order chi connectivity index (χ0) is 19.0. The number of aromatic amines is 1. The van der Waals surface area contributed by atoms with Gasteiger partial charge in [-0.3, -0.25) is 0 Å². The number of aryl methyl sites for hydroxylation is 1. The molecule has 27 heavy (non-hydrogen) atoms. The fourth-order valence-electron chi connectivity index (χ4n) is 2.79.